The molecule has 26 heavy (non-hydrogen) atoms. The Bertz CT molecular complexity index is 832. The predicted octanol–water partition coefficient (Wildman–Crippen LogP) is 4.00. The fourth-order valence-corrected chi connectivity index (χ4v) is 3.92. The number of rotatable bonds is 2. The standard InChI is InChI=1S/C20H20ClN3O2/c21-15-5-4-6-16(13-15)22-19(26)23-11-9-20(10-12-23)14-24(18(20)25)17-7-2-1-3-8-17/h1-8,13H,9-12,14H2,(H,22,26). The first-order valence-corrected chi connectivity index (χ1v) is 9.14. The summed E-state index contributed by atoms with van der Waals surface area (Å²) in [5.74, 6) is 0.179. The highest BCUT2D eigenvalue weighted by molar-refractivity contribution is 6.30. The molecule has 1 N–H and O–H groups in total. The molecule has 3 amide bonds. The lowest BCUT2D eigenvalue weighted by molar-refractivity contribution is -0.138. The normalized spacial score (nSPS) is 18.6. The first kappa shape index (κ1) is 16.9. The Morgan fingerprint density at radius 3 is 2.42 bits per heavy atom. The molecule has 4 rings (SSSR count). The summed E-state index contributed by atoms with van der Waals surface area (Å²) < 4.78 is 0. The number of carbonyl (C=O) groups excluding carboxylic acids is 2. The number of para-hydroxylation sites is 1. The Labute approximate surface area is 157 Å². The minimum atomic E-state index is -0.303. The number of amides is 3. The van der Waals surface area contributed by atoms with Gasteiger partial charge >= 0.3 is 6.03 Å². The third-order valence-electron chi connectivity index (χ3n) is 5.31. The third-order valence-corrected chi connectivity index (χ3v) is 5.55. The van der Waals surface area contributed by atoms with Crippen LogP contribution >= 0.6 is 11.6 Å². The number of nitrogens with one attached hydrogen (secondary N) is 1. The number of anilines is 2. The van der Waals surface area contributed by atoms with E-state index in [1.165, 1.54) is 0 Å². The summed E-state index contributed by atoms with van der Waals surface area (Å²) in [6, 6.07) is 16.7. The Hall–Kier alpha value is -2.53. The molecular weight excluding hydrogens is 350 g/mol. The van der Waals surface area contributed by atoms with E-state index in [-0.39, 0.29) is 17.4 Å². The molecule has 2 aromatic carbocycles. The number of benzene rings is 2. The molecule has 0 atom stereocenters. The Morgan fingerprint density at radius 1 is 1.04 bits per heavy atom. The van der Waals surface area contributed by atoms with E-state index in [1.54, 1.807) is 23.1 Å². The third kappa shape index (κ3) is 3.03. The first-order chi connectivity index (χ1) is 12.6. The summed E-state index contributed by atoms with van der Waals surface area (Å²) in [7, 11) is 0. The van der Waals surface area contributed by atoms with E-state index in [1.807, 2.05) is 41.3 Å². The van der Waals surface area contributed by atoms with Gasteiger partial charge in [-0.05, 0) is 43.2 Å². The van der Waals surface area contributed by atoms with Crippen LogP contribution in [0.5, 0.6) is 0 Å². The van der Waals surface area contributed by atoms with Crippen LogP contribution in [0, 0.1) is 5.41 Å². The maximum Gasteiger partial charge on any atom is 0.321 e. The van der Waals surface area contributed by atoms with Crippen LogP contribution in [0.4, 0.5) is 16.2 Å². The van der Waals surface area contributed by atoms with Gasteiger partial charge in [0.15, 0.2) is 0 Å². The summed E-state index contributed by atoms with van der Waals surface area (Å²) in [5.41, 5.74) is 1.32. The van der Waals surface area contributed by atoms with E-state index in [2.05, 4.69) is 5.32 Å². The lowest BCUT2D eigenvalue weighted by Crippen LogP contribution is -2.65. The molecule has 5 nitrogen and oxygen atoms in total. The number of hydrogen-bond donors (Lipinski definition) is 1. The molecule has 6 heteroatoms. The van der Waals surface area contributed by atoms with Crippen LogP contribution in [-0.4, -0.2) is 36.5 Å². The molecule has 2 aromatic rings. The van der Waals surface area contributed by atoms with Crippen LogP contribution < -0.4 is 10.2 Å². The van der Waals surface area contributed by atoms with Gasteiger partial charge in [-0.15, -0.1) is 0 Å². The molecule has 0 unspecified atom stereocenters. The molecule has 0 aliphatic carbocycles. The maximum absolute atomic E-state index is 12.7. The van der Waals surface area contributed by atoms with Crippen LogP contribution in [0.3, 0.4) is 0 Å². The molecule has 2 saturated heterocycles. The fraction of sp³-hybridized carbons (Fsp3) is 0.300. The molecule has 2 heterocycles. The van der Waals surface area contributed by atoms with Gasteiger partial charge in [0.2, 0.25) is 5.91 Å². The summed E-state index contributed by atoms with van der Waals surface area (Å²) >= 11 is 5.95. The lowest BCUT2D eigenvalue weighted by Gasteiger charge is -2.52. The number of β-lactam (4-membered cyclic amide) rings is 1. The van der Waals surface area contributed by atoms with Crippen molar-refractivity contribution in [2.75, 3.05) is 29.9 Å². The average Bonchev–Trinajstić information content (AvgIpc) is 2.67. The van der Waals surface area contributed by atoms with Crippen LogP contribution in [-0.2, 0) is 4.79 Å². The van der Waals surface area contributed by atoms with Crippen molar-refractivity contribution in [2.24, 2.45) is 5.41 Å². The highest BCUT2D eigenvalue weighted by Crippen LogP contribution is 2.43. The van der Waals surface area contributed by atoms with Crippen molar-refractivity contribution in [1.82, 2.24) is 4.90 Å². The number of halogens is 1. The van der Waals surface area contributed by atoms with Crippen LogP contribution in [0.2, 0.25) is 5.02 Å². The van der Waals surface area contributed by atoms with Gasteiger partial charge < -0.3 is 15.1 Å². The molecule has 2 fully saturated rings. The van der Waals surface area contributed by atoms with Crippen molar-refractivity contribution in [3.8, 4) is 0 Å². The Balaban J connectivity index is 1.34. The van der Waals surface area contributed by atoms with Gasteiger partial charge in [-0.1, -0.05) is 35.9 Å². The van der Waals surface area contributed by atoms with Gasteiger partial charge in [0.1, 0.15) is 0 Å². The van der Waals surface area contributed by atoms with Gasteiger partial charge in [0.25, 0.3) is 0 Å². The number of urea groups is 1. The second kappa shape index (κ2) is 6.65. The quantitative estimate of drug-likeness (QED) is 0.813. The van der Waals surface area contributed by atoms with E-state index in [9.17, 15) is 9.59 Å². The second-order valence-electron chi connectivity index (χ2n) is 6.93. The molecule has 2 aliphatic heterocycles. The van der Waals surface area contributed by atoms with Gasteiger partial charge in [-0.25, -0.2) is 4.79 Å². The number of hydrogen-bond acceptors (Lipinski definition) is 2. The Morgan fingerprint density at radius 2 is 1.77 bits per heavy atom. The number of carbonyl (C=O) groups is 2. The monoisotopic (exact) mass is 369 g/mol. The lowest BCUT2D eigenvalue weighted by atomic mass is 9.71. The SMILES string of the molecule is O=C(Nc1cccc(Cl)c1)N1CCC2(CC1)CN(c1ccccc1)C2=O. The highest BCUT2D eigenvalue weighted by atomic mass is 35.5. The molecule has 0 aromatic heterocycles. The zero-order chi connectivity index (χ0) is 18.1. The van der Waals surface area contributed by atoms with Crippen LogP contribution in [0.15, 0.2) is 54.6 Å². The average molecular weight is 370 g/mol. The van der Waals surface area contributed by atoms with Gasteiger partial charge in [0.05, 0.1) is 5.41 Å². The fourth-order valence-electron chi connectivity index (χ4n) is 3.73. The zero-order valence-electron chi connectivity index (χ0n) is 14.3. The largest absolute Gasteiger partial charge is 0.324 e. The summed E-state index contributed by atoms with van der Waals surface area (Å²) in [5, 5.41) is 3.45. The predicted molar refractivity (Wildman–Crippen MR) is 103 cm³/mol. The smallest absolute Gasteiger partial charge is 0.321 e. The van der Waals surface area contributed by atoms with E-state index >= 15 is 0 Å². The number of piperidine rings is 1. The topological polar surface area (TPSA) is 52.7 Å². The number of likely N-dealkylation sites (tertiary alicyclic amines) is 1. The van der Waals surface area contributed by atoms with Crippen molar-refractivity contribution in [3.05, 3.63) is 59.6 Å². The summed E-state index contributed by atoms with van der Waals surface area (Å²) in [4.78, 5) is 28.8. The van der Waals surface area contributed by atoms with Crippen molar-refractivity contribution < 1.29 is 9.59 Å². The van der Waals surface area contributed by atoms with Crippen molar-refractivity contribution in [3.63, 3.8) is 0 Å². The molecule has 0 saturated carbocycles. The minimum Gasteiger partial charge on any atom is -0.324 e. The van der Waals surface area contributed by atoms with E-state index in [0.29, 0.717) is 36.6 Å². The van der Waals surface area contributed by atoms with Crippen molar-refractivity contribution in [2.45, 2.75) is 12.8 Å². The van der Waals surface area contributed by atoms with Crippen LogP contribution in [0.25, 0.3) is 0 Å². The van der Waals surface area contributed by atoms with E-state index < -0.39 is 0 Å². The van der Waals surface area contributed by atoms with E-state index in [4.69, 9.17) is 11.6 Å². The molecule has 0 radical (unpaired) electrons. The van der Waals surface area contributed by atoms with Crippen LogP contribution in [0.1, 0.15) is 12.8 Å². The number of nitrogens with zero attached hydrogens (tertiary/aromatic N) is 2. The van der Waals surface area contributed by atoms with Gasteiger partial charge in [-0.2, -0.15) is 0 Å². The van der Waals surface area contributed by atoms with Gasteiger partial charge in [0, 0.05) is 36.0 Å². The maximum atomic E-state index is 12.7. The van der Waals surface area contributed by atoms with Crippen molar-refractivity contribution >= 4 is 34.9 Å². The second-order valence-corrected chi connectivity index (χ2v) is 7.37. The van der Waals surface area contributed by atoms with Gasteiger partial charge in [-0.3, -0.25) is 4.79 Å². The Kier molecular flexibility index (Phi) is 4.32. The molecule has 1 spiro atoms. The summed E-state index contributed by atoms with van der Waals surface area (Å²) in [6.07, 6.45) is 1.41. The van der Waals surface area contributed by atoms with E-state index in [0.717, 1.165) is 12.2 Å². The minimum absolute atomic E-state index is 0.145. The molecular formula is C20H20ClN3O2. The highest BCUT2D eigenvalue weighted by Gasteiger charge is 2.53. The first-order valence-electron chi connectivity index (χ1n) is 8.76. The molecule has 0 bridgehead atoms. The molecule has 2 aliphatic rings. The summed E-state index contributed by atoms with van der Waals surface area (Å²) in [6.45, 7) is 1.90. The van der Waals surface area contributed by atoms with Crippen molar-refractivity contribution in [1.29, 1.82) is 0 Å². The molecule has 134 valence electrons. The zero-order valence-corrected chi connectivity index (χ0v) is 15.1.